The molecule has 3 aliphatic rings. The normalized spacial score (nSPS) is 30.8. The summed E-state index contributed by atoms with van der Waals surface area (Å²) in [7, 11) is 3.28. The maximum atomic E-state index is 13.0. The van der Waals surface area contributed by atoms with Crippen LogP contribution in [0.25, 0.3) is 0 Å². The van der Waals surface area contributed by atoms with Gasteiger partial charge in [0.1, 0.15) is 5.60 Å². The van der Waals surface area contributed by atoms with Crippen LogP contribution in [0, 0.1) is 5.41 Å². The lowest BCUT2D eigenvalue weighted by Gasteiger charge is -2.55. The van der Waals surface area contributed by atoms with Gasteiger partial charge in [-0.3, -0.25) is 4.79 Å². The van der Waals surface area contributed by atoms with Gasteiger partial charge in [-0.2, -0.15) is 0 Å². The van der Waals surface area contributed by atoms with E-state index in [1.54, 1.807) is 14.2 Å². The molecule has 0 radical (unpaired) electrons. The van der Waals surface area contributed by atoms with E-state index in [4.69, 9.17) is 19.9 Å². The van der Waals surface area contributed by atoms with Crippen LogP contribution in [-0.4, -0.2) is 31.3 Å². The molecule has 0 heterocycles. The lowest BCUT2D eigenvalue weighted by molar-refractivity contribution is -0.175. The molecule has 2 bridgehead atoms. The van der Waals surface area contributed by atoms with Crippen LogP contribution in [0.5, 0.6) is 11.5 Å². The summed E-state index contributed by atoms with van der Waals surface area (Å²) in [5.41, 5.74) is 6.61. The highest BCUT2D eigenvalue weighted by Crippen LogP contribution is 2.59. The van der Waals surface area contributed by atoms with Gasteiger partial charge in [0, 0.05) is 17.0 Å². The Kier molecular flexibility index (Phi) is 4.72. The third-order valence-electron chi connectivity index (χ3n) is 6.07. The van der Waals surface area contributed by atoms with Crippen molar-refractivity contribution in [2.75, 3.05) is 14.2 Å². The van der Waals surface area contributed by atoms with Crippen molar-refractivity contribution in [1.82, 2.24) is 0 Å². The van der Waals surface area contributed by atoms with Gasteiger partial charge in [-0.1, -0.05) is 12.1 Å². The minimum absolute atomic E-state index is 0.0440. The summed E-state index contributed by atoms with van der Waals surface area (Å²) >= 11 is 0. The van der Waals surface area contributed by atoms with Crippen molar-refractivity contribution in [2.45, 2.75) is 69.9 Å². The van der Waals surface area contributed by atoms with E-state index in [0.717, 1.165) is 37.0 Å². The van der Waals surface area contributed by atoms with E-state index in [1.807, 2.05) is 39.0 Å². The first-order valence-corrected chi connectivity index (χ1v) is 9.37. The molecule has 2 N–H and O–H groups in total. The maximum absolute atomic E-state index is 13.0. The molecule has 5 heteroatoms. The number of ether oxygens (including phenoxy) is 3. The Morgan fingerprint density at radius 2 is 1.77 bits per heavy atom. The number of carbonyl (C=O) groups excluding carboxylic acids is 1. The Balaban J connectivity index is 1.98. The second kappa shape index (κ2) is 6.45. The van der Waals surface area contributed by atoms with Gasteiger partial charge in [-0.15, -0.1) is 0 Å². The number of nitrogens with two attached hydrogens (primary N) is 1. The highest BCUT2D eigenvalue weighted by molar-refractivity contribution is 5.78. The first kappa shape index (κ1) is 19.0. The number of carbonyl (C=O) groups is 1. The molecule has 0 saturated heterocycles. The Hall–Kier alpha value is -1.75. The molecule has 26 heavy (non-hydrogen) atoms. The zero-order valence-electron chi connectivity index (χ0n) is 16.6. The molecule has 0 amide bonds. The standard InChI is InChI=1S/C21H31NO4/c1-19(2,3)26-18(23)20-9-11-21(22,12-10-20)15(13-20)14-7-6-8-16(24-4)17(14)25-5/h6-8,15H,9-13,22H2,1-5H3. The Morgan fingerprint density at radius 1 is 1.12 bits per heavy atom. The minimum Gasteiger partial charge on any atom is -0.493 e. The summed E-state index contributed by atoms with van der Waals surface area (Å²) in [5, 5.41) is 0. The second-order valence-corrected chi connectivity index (χ2v) is 8.85. The van der Waals surface area contributed by atoms with Crippen LogP contribution in [0.4, 0.5) is 0 Å². The van der Waals surface area contributed by atoms with Crippen LogP contribution in [0.2, 0.25) is 0 Å². The number of methoxy groups -OCH3 is 2. The van der Waals surface area contributed by atoms with E-state index in [9.17, 15) is 4.79 Å². The van der Waals surface area contributed by atoms with E-state index < -0.39 is 11.0 Å². The van der Waals surface area contributed by atoms with Crippen molar-refractivity contribution >= 4 is 5.97 Å². The number of para-hydroxylation sites is 1. The van der Waals surface area contributed by atoms with Crippen molar-refractivity contribution in [2.24, 2.45) is 11.1 Å². The molecule has 0 aliphatic heterocycles. The molecule has 0 spiro atoms. The fraction of sp³-hybridized carbons (Fsp3) is 0.667. The van der Waals surface area contributed by atoms with Gasteiger partial charge in [-0.25, -0.2) is 0 Å². The van der Waals surface area contributed by atoms with Gasteiger partial charge in [0.25, 0.3) is 0 Å². The van der Waals surface area contributed by atoms with Crippen LogP contribution in [-0.2, 0) is 9.53 Å². The van der Waals surface area contributed by atoms with Crippen molar-refractivity contribution in [3.63, 3.8) is 0 Å². The molecule has 3 aliphatic carbocycles. The highest BCUT2D eigenvalue weighted by atomic mass is 16.6. The largest absolute Gasteiger partial charge is 0.493 e. The van der Waals surface area contributed by atoms with Crippen molar-refractivity contribution in [3.8, 4) is 11.5 Å². The molecule has 1 aromatic rings. The third kappa shape index (κ3) is 3.18. The molecule has 3 saturated carbocycles. The number of esters is 1. The minimum atomic E-state index is -0.482. The van der Waals surface area contributed by atoms with E-state index in [2.05, 4.69) is 0 Å². The number of rotatable bonds is 4. The molecule has 1 unspecified atom stereocenters. The van der Waals surface area contributed by atoms with Crippen LogP contribution in [0.15, 0.2) is 18.2 Å². The van der Waals surface area contributed by atoms with E-state index >= 15 is 0 Å². The predicted octanol–water partition coefficient (Wildman–Crippen LogP) is 3.79. The first-order valence-electron chi connectivity index (χ1n) is 9.37. The monoisotopic (exact) mass is 361 g/mol. The van der Waals surface area contributed by atoms with E-state index in [-0.39, 0.29) is 17.4 Å². The van der Waals surface area contributed by atoms with E-state index in [0.29, 0.717) is 12.2 Å². The second-order valence-electron chi connectivity index (χ2n) is 8.85. The summed E-state index contributed by atoms with van der Waals surface area (Å²) in [6.45, 7) is 5.76. The van der Waals surface area contributed by atoms with Gasteiger partial charge >= 0.3 is 5.97 Å². The summed E-state index contributed by atoms with van der Waals surface area (Å²) in [5.74, 6) is 1.37. The van der Waals surface area contributed by atoms with Crippen molar-refractivity contribution < 1.29 is 19.0 Å². The molecule has 1 atom stereocenters. The number of fused-ring (bicyclic) bond motifs is 3. The van der Waals surface area contributed by atoms with Gasteiger partial charge in [0.2, 0.25) is 0 Å². The zero-order chi connectivity index (χ0) is 19.2. The lowest BCUT2D eigenvalue weighted by atomic mass is 9.51. The topological polar surface area (TPSA) is 70.8 Å². The van der Waals surface area contributed by atoms with Crippen molar-refractivity contribution in [1.29, 1.82) is 0 Å². The first-order chi connectivity index (χ1) is 12.1. The maximum Gasteiger partial charge on any atom is 0.312 e. The molecule has 144 valence electrons. The molecule has 5 nitrogen and oxygen atoms in total. The third-order valence-corrected chi connectivity index (χ3v) is 6.07. The fourth-order valence-corrected chi connectivity index (χ4v) is 4.62. The molecular formula is C21H31NO4. The molecule has 0 aromatic heterocycles. The average molecular weight is 361 g/mol. The number of benzene rings is 1. The number of hydrogen-bond donors (Lipinski definition) is 1. The molecule has 4 rings (SSSR count). The molecule has 1 aromatic carbocycles. The zero-order valence-corrected chi connectivity index (χ0v) is 16.6. The summed E-state index contributed by atoms with van der Waals surface area (Å²) in [6, 6.07) is 5.89. The van der Waals surface area contributed by atoms with Crippen LogP contribution in [0.3, 0.4) is 0 Å². The molecule has 3 fully saturated rings. The SMILES string of the molecule is COc1cccc(C2CC3(C(=O)OC(C)(C)C)CCC2(N)CC3)c1OC. The Labute approximate surface area is 156 Å². The molecular weight excluding hydrogens is 330 g/mol. The van der Waals surface area contributed by atoms with Gasteiger partial charge in [0.05, 0.1) is 19.6 Å². The summed E-state index contributed by atoms with van der Waals surface area (Å²) in [4.78, 5) is 13.0. The summed E-state index contributed by atoms with van der Waals surface area (Å²) in [6.07, 6.45) is 3.92. The Bertz CT molecular complexity index is 684. The smallest absolute Gasteiger partial charge is 0.312 e. The van der Waals surface area contributed by atoms with Gasteiger partial charge in [-0.05, 0) is 58.9 Å². The fourth-order valence-electron chi connectivity index (χ4n) is 4.62. The predicted molar refractivity (Wildman–Crippen MR) is 101 cm³/mol. The quantitative estimate of drug-likeness (QED) is 0.826. The van der Waals surface area contributed by atoms with Gasteiger partial charge < -0.3 is 19.9 Å². The average Bonchev–Trinajstić information content (AvgIpc) is 2.59. The van der Waals surface area contributed by atoms with Crippen LogP contribution < -0.4 is 15.2 Å². The van der Waals surface area contributed by atoms with Crippen LogP contribution in [0.1, 0.15) is 64.4 Å². The van der Waals surface area contributed by atoms with Crippen molar-refractivity contribution in [3.05, 3.63) is 23.8 Å². The lowest BCUT2D eigenvalue weighted by Crippen LogP contribution is -2.59. The van der Waals surface area contributed by atoms with Crippen LogP contribution >= 0.6 is 0 Å². The highest BCUT2D eigenvalue weighted by Gasteiger charge is 2.58. The number of hydrogen-bond acceptors (Lipinski definition) is 5. The summed E-state index contributed by atoms with van der Waals surface area (Å²) < 4.78 is 16.9. The van der Waals surface area contributed by atoms with E-state index in [1.165, 1.54) is 0 Å². The Morgan fingerprint density at radius 3 is 2.31 bits per heavy atom. The van der Waals surface area contributed by atoms with Gasteiger partial charge in [0.15, 0.2) is 11.5 Å².